The fourth-order valence-corrected chi connectivity index (χ4v) is 4.41. The van der Waals surface area contributed by atoms with Crippen LogP contribution in [0.3, 0.4) is 0 Å². The van der Waals surface area contributed by atoms with Crippen molar-refractivity contribution in [3.05, 3.63) is 90.2 Å². The molecule has 0 radical (unpaired) electrons. The van der Waals surface area contributed by atoms with E-state index in [0.717, 1.165) is 22.6 Å². The number of hydrogen-bond donors (Lipinski definition) is 1. The predicted octanol–water partition coefficient (Wildman–Crippen LogP) is 5.92. The summed E-state index contributed by atoms with van der Waals surface area (Å²) >= 11 is 1.71. The smallest absolute Gasteiger partial charge is 0.415 e. The fourth-order valence-electron chi connectivity index (χ4n) is 3.55. The molecule has 0 saturated carbocycles. The summed E-state index contributed by atoms with van der Waals surface area (Å²) in [6.07, 6.45) is -0.423. The number of rotatable bonds is 15. The van der Waals surface area contributed by atoms with Gasteiger partial charge in [0.1, 0.15) is 23.9 Å². The van der Waals surface area contributed by atoms with Gasteiger partial charge in [0, 0.05) is 24.5 Å². The quantitative estimate of drug-likeness (QED) is 0.189. The zero-order chi connectivity index (χ0) is 27.2. The molecule has 1 unspecified atom stereocenters. The molecule has 1 N–H and O–H groups in total. The number of thioether (sulfide) groups is 1. The van der Waals surface area contributed by atoms with E-state index in [2.05, 4.69) is 0 Å². The van der Waals surface area contributed by atoms with Crippen molar-refractivity contribution in [1.82, 2.24) is 4.90 Å². The Morgan fingerprint density at radius 2 is 1.63 bits per heavy atom. The molecule has 0 heterocycles. The highest BCUT2D eigenvalue weighted by atomic mass is 32.2. The van der Waals surface area contributed by atoms with Gasteiger partial charge in [-0.1, -0.05) is 30.3 Å². The summed E-state index contributed by atoms with van der Waals surface area (Å²) in [5.74, 6) is 0.287. The number of halogens is 1. The van der Waals surface area contributed by atoms with Crippen molar-refractivity contribution >= 4 is 23.8 Å². The molecule has 38 heavy (non-hydrogen) atoms. The van der Waals surface area contributed by atoms with Gasteiger partial charge in [-0.2, -0.15) is 0 Å². The average Bonchev–Trinajstić information content (AvgIpc) is 2.92. The van der Waals surface area contributed by atoms with Crippen LogP contribution < -0.4 is 9.47 Å². The molecule has 3 aromatic carbocycles. The number of hydrogen-bond acceptors (Lipinski definition) is 6. The van der Waals surface area contributed by atoms with Gasteiger partial charge in [0.25, 0.3) is 0 Å². The van der Waals surface area contributed by atoms with Crippen LogP contribution in [0.15, 0.2) is 83.8 Å². The summed E-state index contributed by atoms with van der Waals surface area (Å²) in [6.45, 7) is 3.08. The monoisotopic (exact) mass is 541 g/mol. The van der Waals surface area contributed by atoms with Crippen LogP contribution in [-0.4, -0.2) is 60.2 Å². The van der Waals surface area contributed by atoms with Crippen LogP contribution in [0.4, 0.5) is 9.18 Å². The number of carbonyl (C=O) groups is 2. The normalized spacial score (nSPS) is 11.5. The Morgan fingerprint density at radius 1 is 0.947 bits per heavy atom. The summed E-state index contributed by atoms with van der Waals surface area (Å²) in [4.78, 5) is 26.9. The van der Waals surface area contributed by atoms with E-state index in [1.807, 2.05) is 30.3 Å². The highest BCUT2D eigenvalue weighted by Crippen LogP contribution is 2.19. The first kappa shape index (κ1) is 29.0. The number of benzene rings is 3. The molecule has 0 spiro atoms. The summed E-state index contributed by atoms with van der Waals surface area (Å²) in [5.41, 5.74) is 0.818. The number of nitrogens with zero attached hydrogens (tertiary/aromatic N) is 1. The Kier molecular flexibility index (Phi) is 11.9. The number of amides is 1. The van der Waals surface area contributed by atoms with E-state index in [1.54, 1.807) is 47.9 Å². The number of ether oxygens (including phenoxy) is 3. The highest BCUT2D eigenvalue weighted by Gasteiger charge is 2.18. The molecule has 0 aromatic heterocycles. The van der Waals surface area contributed by atoms with Crippen molar-refractivity contribution in [2.75, 3.05) is 32.1 Å². The van der Waals surface area contributed by atoms with Crippen molar-refractivity contribution in [3.63, 3.8) is 0 Å². The Bertz CT molecular complexity index is 1130. The molecule has 7 nitrogen and oxygen atoms in total. The highest BCUT2D eigenvalue weighted by molar-refractivity contribution is 7.99. The summed E-state index contributed by atoms with van der Waals surface area (Å²) in [7, 11) is 0. The number of carbonyl (C=O) groups excluding carboxylic acids is 1. The van der Waals surface area contributed by atoms with Gasteiger partial charge < -0.3 is 24.2 Å². The van der Waals surface area contributed by atoms with E-state index < -0.39 is 24.0 Å². The first-order valence-corrected chi connectivity index (χ1v) is 13.4. The zero-order valence-corrected chi connectivity index (χ0v) is 22.1. The van der Waals surface area contributed by atoms with Crippen LogP contribution in [0, 0.1) is 5.82 Å². The van der Waals surface area contributed by atoms with E-state index >= 15 is 0 Å². The average molecular weight is 542 g/mol. The van der Waals surface area contributed by atoms with Gasteiger partial charge in [0.2, 0.25) is 0 Å². The largest absolute Gasteiger partial charge is 0.492 e. The molecular formula is C29H32FNO6S. The third kappa shape index (κ3) is 10.1. The molecule has 0 fully saturated rings. The van der Waals surface area contributed by atoms with E-state index in [1.165, 1.54) is 24.3 Å². The van der Waals surface area contributed by atoms with Gasteiger partial charge in [-0.05, 0) is 73.2 Å². The standard InChI is InChI=1S/C29H32FNO6S/c1-2-35-27(28(32)33)21-22-9-13-24(14-10-22)36-19-18-31(17-6-20-38-26-7-4-3-5-8-26)29(34)37-25-15-11-23(30)12-16-25/h3-5,7-16,27H,2,6,17-21H2,1H3,(H,32,33). The Labute approximate surface area is 226 Å². The van der Waals surface area contributed by atoms with Crippen LogP contribution in [0.25, 0.3) is 0 Å². The van der Waals surface area contributed by atoms with Crippen LogP contribution in [0.5, 0.6) is 11.5 Å². The lowest BCUT2D eigenvalue weighted by Gasteiger charge is -2.22. The molecule has 1 amide bonds. The molecule has 0 aliphatic heterocycles. The van der Waals surface area contributed by atoms with Crippen molar-refractivity contribution in [1.29, 1.82) is 0 Å². The second-order valence-electron chi connectivity index (χ2n) is 8.30. The van der Waals surface area contributed by atoms with Gasteiger partial charge in [-0.25, -0.2) is 14.0 Å². The molecule has 0 aliphatic carbocycles. The predicted molar refractivity (Wildman–Crippen MR) is 144 cm³/mol. The second-order valence-corrected chi connectivity index (χ2v) is 9.47. The van der Waals surface area contributed by atoms with Gasteiger partial charge in [-0.15, -0.1) is 11.8 Å². The van der Waals surface area contributed by atoms with E-state index in [0.29, 0.717) is 25.4 Å². The Hall–Kier alpha value is -3.56. The van der Waals surface area contributed by atoms with E-state index in [9.17, 15) is 19.1 Å². The molecule has 0 saturated heterocycles. The third-order valence-electron chi connectivity index (χ3n) is 5.48. The molecule has 9 heteroatoms. The van der Waals surface area contributed by atoms with Crippen molar-refractivity contribution in [2.24, 2.45) is 0 Å². The molecule has 0 bridgehead atoms. The molecular weight excluding hydrogens is 509 g/mol. The first-order chi connectivity index (χ1) is 18.4. The van der Waals surface area contributed by atoms with Crippen molar-refractivity contribution < 1.29 is 33.3 Å². The van der Waals surface area contributed by atoms with Crippen molar-refractivity contribution in [3.8, 4) is 11.5 Å². The summed E-state index contributed by atoms with van der Waals surface area (Å²) in [5, 5.41) is 9.26. The minimum absolute atomic E-state index is 0.236. The van der Waals surface area contributed by atoms with Crippen LogP contribution in [0.2, 0.25) is 0 Å². The number of carboxylic acid groups (broad SMARTS) is 1. The fraction of sp³-hybridized carbons (Fsp3) is 0.310. The van der Waals surface area contributed by atoms with Crippen LogP contribution in [-0.2, 0) is 16.0 Å². The minimum atomic E-state index is -0.998. The van der Waals surface area contributed by atoms with E-state index in [-0.39, 0.29) is 18.8 Å². The van der Waals surface area contributed by atoms with Crippen LogP contribution >= 0.6 is 11.8 Å². The number of carboxylic acids is 1. The lowest BCUT2D eigenvalue weighted by atomic mass is 10.1. The van der Waals surface area contributed by atoms with E-state index in [4.69, 9.17) is 14.2 Å². The first-order valence-electron chi connectivity index (χ1n) is 12.4. The number of aliphatic carboxylic acids is 1. The molecule has 1 atom stereocenters. The molecule has 202 valence electrons. The SMILES string of the molecule is CCOC(Cc1ccc(OCCN(CCCSc2ccccc2)C(=O)Oc2ccc(F)cc2)cc1)C(=O)O. The maximum Gasteiger partial charge on any atom is 0.415 e. The molecule has 3 aromatic rings. The van der Waals surface area contributed by atoms with Gasteiger partial charge >= 0.3 is 12.1 Å². The topological polar surface area (TPSA) is 85.3 Å². The van der Waals surface area contributed by atoms with Crippen molar-refractivity contribution in [2.45, 2.75) is 30.8 Å². The molecule has 3 rings (SSSR count). The summed E-state index contributed by atoms with van der Waals surface area (Å²) < 4.78 is 29.7. The lowest BCUT2D eigenvalue weighted by molar-refractivity contribution is -0.149. The Morgan fingerprint density at radius 3 is 2.29 bits per heavy atom. The second kappa shape index (κ2) is 15.6. The Balaban J connectivity index is 1.53. The maximum absolute atomic E-state index is 13.2. The molecule has 0 aliphatic rings. The van der Waals surface area contributed by atoms with Gasteiger partial charge in [0.05, 0.1) is 6.54 Å². The lowest BCUT2D eigenvalue weighted by Crippen LogP contribution is -2.37. The van der Waals surface area contributed by atoms with Gasteiger partial charge in [0.15, 0.2) is 6.10 Å². The third-order valence-corrected chi connectivity index (χ3v) is 6.58. The van der Waals surface area contributed by atoms with Crippen LogP contribution in [0.1, 0.15) is 18.9 Å². The van der Waals surface area contributed by atoms with Gasteiger partial charge in [-0.3, -0.25) is 0 Å². The maximum atomic E-state index is 13.2. The zero-order valence-electron chi connectivity index (χ0n) is 21.3. The summed E-state index contributed by atoms with van der Waals surface area (Å²) in [6, 6.07) is 22.5. The minimum Gasteiger partial charge on any atom is -0.492 e.